The van der Waals surface area contributed by atoms with Crippen LogP contribution < -0.4 is 10.6 Å². The van der Waals surface area contributed by atoms with Crippen LogP contribution in [0.25, 0.3) is 0 Å². The molecular formula is C19H20F2N2O2. The standard InChI is InChI=1S/C19H20F2N2O2/c1-12(2)9-10-22-18(24)13-3-5-14(6-4-13)19(25)23-15-7-8-16(20)17(21)11-15/h3-8,11-12H,9-10H2,1-2H3,(H,22,24)(H,23,25). The van der Waals surface area contributed by atoms with Gasteiger partial charge in [-0.25, -0.2) is 8.78 Å². The predicted octanol–water partition coefficient (Wildman–Crippen LogP) is 3.99. The summed E-state index contributed by atoms with van der Waals surface area (Å²) in [5.41, 5.74) is 0.913. The van der Waals surface area contributed by atoms with Crippen molar-refractivity contribution in [3.8, 4) is 0 Å². The van der Waals surface area contributed by atoms with Crippen LogP contribution in [0.4, 0.5) is 14.5 Å². The minimum atomic E-state index is -1.04. The summed E-state index contributed by atoms with van der Waals surface area (Å²) < 4.78 is 26.0. The van der Waals surface area contributed by atoms with E-state index in [1.165, 1.54) is 18.2 Å². The average molecular weight is 346 g/mol. The molecule has 0 atom stereocenters. The normalized spacial score (nSPS) is 10.6. The summed E-state index contributed by atoms with van der Waals surface area (Å²) in [6, 6.07) is 9.22. The van der Waals surface area contributed by atoms with Crippen molar-refractivity contribution in [2.45, 2.75) is 20.3 Å². The lowest BCUT2D eigenvalue weighted by Crippen LogP contribution is -2.25. The van der Waals surface area contributed by atoms with Gasteiger partial charge in [0.05, 0.1) is 0 Å². The van der Waals surface area contributed by atoms with Gasteiger partial charge < -0.3 is 10.6 Å². The molecule has 4 nitrogen and oxygen atoms in total. The zero-order chi connectivity index (χ0) is 18.4. The van der Waals surface area contributed by atoms with E-state index in [-0.39, 0.29) is 11.6 Å². The smallest absolute Gasteiger partial charge is 0.255 e. The highest BCUT2D eigenvalue weighted by molar-refractivity contribution is 6.05. The molecule has 2 aromatic carbocycles. The summed E-state index contributed by atoms with van der Waals surface area (Å²) in [5.74, 6) is -2.19. The van der Waals surface area contributed by atoms with E-state index in [2.05, 4.69) is 24.5 Å². The van der Waals surface area contributed by atoms with Gasteiger partial charge in [0.2, 0.25) is 0 Å². The van der Waals surface area contributed by atoms with Crippen LogP contribution in [0.15, 0.2) is 42.5 Å². The first-order chi connectivity index (χ1) is 11.9. The third-order valence-electron chi connectivity index (χ3n) is 3.59. The number of rotatable bonds is 6. The molecular weight excluding hydrogens is 326 g/mol. The Balaban J connectivity index is 1.97. The van der Waals surface area contributed by atoms with Gasteiger partial charge >= 0.3 is 0 Å². The molecule has 0 bridgehead atoms. The Morgan fingerprint density at radius 2 is 1.52 bits per heavy atom. The first-order valence-corrected chi connectivity index (χ1v) is 8.01. The van der Waals surface area contributed by atoms with E-state index in [4.69, 9.17) is 0 Å². The second-order valence-corrected chi connectivity index (χ2v) is 6.10. The molecule has 6 heteroatoms. The second-order valence-electron chi connectivity index (χ2n) is 6.10. The number of benzene rings is 2. The number of carbonyl (C=O) groups excluding carboxylic acids is 2. The molecule has 0 saturated heterocycles. The van der Waals surface area contributed by atoms with Crippen molar-refractivity contribution in [2.75, 3.05) is 11.9 Å². The fourth-order valence-corrected chi connectivity index (χ4v) is 2.13. The van der Waals surface area contributed by atoms with Gasteiger partial charge in [-0.1, -0.05) is 13.8 Å². The summed E-state index contributed by atoms with van der Waals surface area (Å²) in [7, 11) is 0. The van der Waals surface area contributed by atoms with Gasteiger partial charge in [-0.15, -0.1) is 0 Å². The Hall–Kier alpha value is -2.76. The molecule has 2 amide bonds. The van der Waals surface area contributed by atoms with Gasteiger partial charge in [0.1, 0.15) is 0 Å². The number of hydrogen-bond donors (Lipinski definition) is 2. The fourth-order valence-electron chi connectivity index (χ4n) is 2.13. The van der Waals surface area contributed by atoms with Crippen molar-refractivity contribution in [2.24, 2.45) is 5.92 Å². The number of hydrogen-bond acceptors (Lipinski definition) is 2. The Morgan fingerprint density at radius 3 is 2.08 bits per heavy atom. The van der Waals surface area contributed by atoms with E-state index in [0.29, 0.717) is 23.6 Å². The summed E-state index contributed by atoms with van der Waals surface area (Å²) in [6.07, 6.45) is 0.889. The SMILES string of the molecule is CC(C)CCNC(=O)c1ccc(C(=O)Nc2ccc(F)c(F)c2)cc1. The highest BCUT2D eigenvalue weighted by atomic mass is 19.2. The summed E-state index contributed by atoms with van der Waals surface area (Å²) in [4.78, 5) is 24.1. The molecule has 0 fully saturated rings. The molecule has 2 aromatic rings. The lowest BCUT2D eigenvalue weighted by molar-refractivity contribution is 0.0950. The molecule has 0 aromatic heterocycles. The van der Waals surface area contributed by atoms with Crippen LogP contribution in [0.1, 0.15) is 41.0 Å². The molecule has 0 radical (unpaired) electrons. The molecule has 0 spiro atoms. The van der Waals surface area contributed by atoms with Crippen molar-refractivity contribution in [1.29, 1.82) is 0 Å². The molecule has 0 aliphatic carbocycles. The molecule has 2 rings (SSSR count). The van der Waals surface area contributed by atoms with Crippen LogP contribution in [0.2, 0.25) is 0 Å². The number of halogens is 2. The van der Waals surface area contributed by atoms with Crippen molar-refractivity contribution >= 4 is 17.5 Å². The van der Waals surface area contributed by atoms with Crippen LogP contribution in [0.3, 0.4) is 0 Å². The average Bonchev–Trinajstić information content (AvgIpc) is 2.58. The number of amides is 2. The Morgan fingerprint density at radius 1 is 0.920 bits per heavy atom. The van der Waals surface area contributed by atoms with Crippen LogP contribution in [-0.4, -0.2) is 18.4 Å². The van der Waals surface area contributed by atoms with E-state index < -0.39 is 17.5 Å². The van der Waals surface area contributed by atoms with Crippen molar-refractivity contribution in [3.63, 3.8) is 0 Å². The van der Waals surface area contributed by atoms with Crippen LogP contribution in [0, 0.1) is 17.6 Å². The molecule has 132 valence electrons. The topological polar surface area (TPSA) is 58.2 Å². The van der Waals surface area contributed by atoms with E-state index in [0.717, 1.165) is 18.6 Å². The quantitative estimate of drug-likeness (QED) is 0.831. The molecule has 25 heavy (non-hydrogen) atoms. The predicted molar refractivity (Wildman–Crippen MR) is 92.5 cm³/mol. The van der Waals surface area contributed by atoms with Gasteiger partial charge in [-0.3, -0.25) is 9.59 Å². The summed E-state index contributed by atoms with van der Waals surface area (Å²) >= 11 is 0. The van der Waals surface area contributed by atoms with Gasteiger partial charge in [-0.05, 0) is 48.7 Å². The minimum Gasteiger partial charge on any atom is -0.352 e. The third kappa shape index (κ3) is 5.38. The summed E-state index contributed by atoms with van der Waals surface area (Å²) in [5, 5.41) is 5.29. The number of nitrogens with one attached hydrogen (secondary N) is 2. The number of anilines is 1. The first-order valence-electron chi connectivity index (χ1n) is 8.01. The van der Waals surface area contributed by atoms with Gasteiger partial charge in [0.25, 0.3) is 11.8 Å². The van der Waals surface area contributed by atoms with Crippen LogP contribution in [0.5, 0.6) is 0 Å². The van der Waals surface area contributed by atoms with Gasteiger partial charge in [0.15, 0.2) is 11.6 Å². The molecule has 0 heterocycles. The molecule has 0 saturated carbocycles. The van der Waals surface area contributed by atoms with E-state index in [9.17, 15) is 18.4 Å². The maximum Gasteiger partial charge on any atom is 0.255 e. The molecule has 0 aliphatic heterocycles. The molecule has 0 unspecified atom stereocenters. The fraction of sp³-hybridized carbons (Fsp3) is 0.263. The zero-order valence-corrected chi connectivity index (χ0v) is 14.1. The highest BCUT2D eigenvalue weighted by Gasteiger charge is 2.10. The minimum absolute atomic E-state index is 0.152. The van der Waals surface area contributed by atoms with Crippen LogP contribution in [-0.2, 0) is 0 Å². The zero-order valence-electron chi connectivity index (χ0n) is 14.1. The van der Waals surface area contributed by atoms with Crippen LogP contribution >= 0.6 is 0 Å². The van der Waals surface area contributed by atoms with Gasteiger partial charge in [-0.2, -0.15) is 0 Å². The maximum atomic E-state index is 13.2. The first kappa shape index (κ1) is 18.6. The van der Waals surface area contributed by atoms with Crippen molar-refractivity contribution < 1.29 is 18.4 Å². The lowest BCUT2D eigenvalue weighted by atomic mass is 10.1. The highest BCUT2D eigenvalue weighted by Crippen LogP contribution is 2.14. The molecule has 2 N–H and O–H groups in total. The summed E-state index contributed by atoms with van der Waals surface area (Å²) in [6.45, 7) is 4.74. The largest absolute Gasteiger partial charge is 0.352 e. The lowest BCUT2D eigenvalue weighted by Gasteiger charge is -2.08. The molecule has 0 aliphatic rings. The van der Waals surface area contributed by atoms with Crippen molar-refractivity contribution in [3.05, 3.63) is 65.2 Å². The van der Waals surface area contributed by atoms with E-state index in [1.54, 1.807) is 12.1 Å². The van der Waals surface area contributed by atoms with E-state index in [1.807, 2.05) is 0 Å². The number of carbonyl (C=O) groups is 2. The van der Waals surface area contributed by atoms with Gasteiger partial charge in [0, 0.05) is 29.4 Å². The Bertz CT molecular complexity index is 759. The Kier molecular flexibility index (Phi) is 6.22. The van der Waals surface area contributed by atoms with Crippen molar-refractivity contribution in [1.82, 2.24) is 5.32 Å². The van der Waals surface area contributed by atoms with E-state index >= 15 is 0 Å². The monoisotopic (exact) mass is 346 g/mol. The maximum absolute atomic E-state index is 13.2. The second kappa shape index (κ2) is 8.37. The third-order valence-corrected chi connectivity index (χ3v) is 3.59. The Labute approximate surface area is 145 Å².